The Labute approximate surface area is 225 Å². The zero-order valence-electron chi connectivity index (χ0n) is 21.0. The van der Waals surface area contributed by atoms with Gasteiger partial charge in [0.05, 0.1) is 34.0 Å². The average molecular weight is 499 g/mol. The third-order valence-corrected chi connectivity index (χ3v) is 8.73. The number of nitriles is 2. The van der Waals surface area contributed by atoms with Crippen LogP contribution in [-0.2, 0) is 0 Å². The molecule has 3 aliphatic rings. The molecule has 8 rings (SSSR count). The lowest BCUT2D eigenvalue weighted by atomic mass is 10.00. The van der Waals surface area contributed by atoms with E-state index >= 15 is 0 Å². The molecule has 2 aliphatic carbocycles. The van der Waals surface area contributed by atoms with Gasteiger partial charge in [0, 0.05) is 5.92 Å². The van der Waals surface area contributed by atoms with Crippen molar-refractivity contribution in [3.63, 3.8) is 0 Å². The number of benzene rings is 5. The Morgan fingerprint density at radius 2 is 1.03 bits per heavy atom. The highest BCUT2D eigenvalue weighted by atomic mass is 15.0. The van der Waals surface area contributed by atoms with Gasteiger partial charge >= 0.3 is 0 Å². The second-order valence-electron chi connectivity index (χ2n) is 10.7. The van der Waals surface area contributed by atoms with Gasteiger partial charge in [0.25, 0.3) is 0 Å². The molecule has 4 unspecified atom stereocenters. The minimum absolute atomic E-state index is 0.0108. The molecule has 0 amide bonds. The summed E-state index contributed by atoms with van der Waals surface area (Å²) in [5, 5.41) is 23.2. The van der Waals surface area contributed by atoms with Crippen molar-refractivity contribution in [2.24, 2.45) is 9.98 Å². The normalized spacial score (nSPS) is 23.5. The standard InChI is InChI=1S/C35H22N4/c36-18-20-10-14-23(15-11-20)30-31(24-16-12-21(19-37)13-17-24)32(30)27-8-3-9-28-33(27)39-35-26-7-2-5-22-4-1-6-25(29(22)26)34(35)38-28/h1-17,30-32,34-35H. The van der Waals surface area contributed by atoms with Gasteiger partial charge in [-0.3, -0.25) is 9.98 Å². The molecule has 39 heavy (non-hydrogen) atoms. The Balaban J connectivity index is 1.28. The average Bonchev–Trinajstić information content (AvgIpc) is 3.67. The minimum Gasteiger partial charge on any atom is -0.272 e. The lowest BCUT2D eigenvalue weighted by molar-refractivity contribution is 0.557. The van der Waals surface area contributed by atoms with Gasteiger partial charge in [-0.2, -0.15) is 10.5 Å². The molecule has 4 heteroatoms. The van der Waals surface area contributed by atoms with Gasteiger partial charge in [-0.15, -0.1) is 0 Å². The molecular formula is C35H22N4. The minimum atomic E-state index is -0.0137. The van der Waals surface area contributed by atoms with Crippen LogP contribution in [0.2, 0.25) is 0 Å². The molecule has 5 aromatic carbocycles. The van der Waals surface area contributed by atoms with E-state index < -0.39 is 0 Å². The fourth-order valence-corrected chi connectivity index (χ4v) is 6.95. The molecule has 0 N–H and O–H groups in total. The fourth-order valence-electron chi connectivity index (χ4n) is 6.95. The Morgan fingerprint density at radius 3 is 1.59 bits per heavy atom. The molecule has 4 nitrogen and oxygen atoms in total. The molecule has 5 aromatic rings. The monoisotopic (exact) mass is 498 g/mol. The number of hydrogen-bond acceptors (Lipinski definition) is 4. The van der Waals surface area contributed by atoms with Gasteiger partial charge in [0.1, 0.15) is 12.1 Å². The van der Waals surface area contributed by atoms with Crippen LogP contribution in [0.15, 0.2) is 113 Å². The maximum absolute atomic E-state index is 9.32. The van der Waals surface area contributed by atoms with E-state index in [1.807, 2.05) is 24.3 Å². The Morgan fingerprint density at radius 1 is 0.513 bits per heavy atom. The van der Waals surface area contributed by atoms with E-state index in [1.165, 1.54) is 38.6 Å². The first-order chi connectivity index (χ1) is 19.2. The largest absolute Gasteiger partial charge is 0.272 e. The van der Waals surface area contributed by atoms with Crippen LogP contribution in [0.1, 0.15) is 68.8 Å². The Kier molecular flexibility index (Phi) is 4.63. The van der Waals surface area contributed by atoms with E-state index in [4.69, 9.17) is 9.98 Å². The van der Waals surface area contributed by atoms with E-state index in [2.05, 4.69) is 91.0 Å². The van der Waals surface area contributed by atoms with Crippen LogP contribution in [0.3, 0.4) is 0 Å². The van der Waals surface area contributed by atoms with Crippen LogP contribution >= 0.6 is 0 Å². The SMILES string of the molecule is N#Cc1ccc(C2C(c3ccc(C#N)cc3)C2c2cccc3c2=NC2c4cccc5cccc(c45)C2N=3)cc1. The summed E-state index contributed by atoms with van der Waals surface area (Å²) in [6.45, 7) is 0. The van der Waals surface area contributed by atoms with Crippen molar-refractivity contribution in [3.8, 4) is 12.1 Å². The highest BCUT2D eigenvalue weighted by Crippen LogP contribution is 2.65. The van der Waals surface area contributed by atoms with E-state index in [9.17, 15) is 10.5 Å². The van der Waals surface area contributed by atoms with Crippen LogP contribution in [0.5, 0.6) is 0 Å². The first kappa shape index (κ1) is 22.0. The third kappa shape index (κ3) is 3.22. The quantitative estimate of drug-likeness (QED) is 0.293. The van der Waals surface area contributed by atoms with Crippen LogP contribution in [0, 0.1) is 22.7 Å². The van der Waals surface area contributed by atoms with Crippen molar-refractivity contribution in [1.29, 1.82) is 10.5 Å². The number of para-hydroxylation sites is 1. The summed E-state index contributed by atoms with van der Waals surface area (Å²) >= 11 is 0. The molecule has 0 radical (unpaired) electrons. The van der Waals surface area contributed by atoms with Crippen molar-refractivity contribution in [1.82, 2.24) is 0 Å². The highest BCUT2D eigenvalue weighted by Gasteiger charge is 2.53. The van der Waals surface area contributed by atoms with E-state index in [-0.39, 0.29) is 29.8 Å². The predicted molar refractivity (Wildman–Crippen MR) is 149 cm³/mol. The zero-order chi connectivity index (χ0) is 26.1. The van der Waals surface area contributed by atoms with Crippen molar-refractivity contribution in [2.75, 3.05) is 0 Å². The molecule has 1 aliphatic heterocycles. The maximum Gasteiger partial charge on any atom is 0.103 e. The van der Waals surface area contributed by atoms with Crippen molar-refractivity contribution in [2.45, 2.75) is 29.8 Å². The van der Waals surface area contributed by atoms with Crippen molar-refractivity contribution in [3.05, 3.63) is 153 Å². The summed E-state index contributed by atoms with van der Waals surface area (Å²) in [5.41, 5.74) is 7.52. The Bertz CT molecular complexity index is 1940. The molecule has 0 saturated heterocycles. The van der Waals surface area contributed by atoms with Crippen LogP contribution < -0.4 is 10.7 Å². The molecule has 1 saturated carbocycles. The summed E-state index contributed by atoms with van der Waals surface area (Å²) in [4.78, 5) is 10.7. The number of nitrogens with zero attached hydrogens (tertiary/aromatic N) is 4. The molecule has 4 atom stereocenters. The highest BCUT2D eigenvalue weighted by molar-refractivity contribution is 5.92. The van der Waals surface area contributed by atoms with Gasteiger partial charge in [0.15, 0.2) is 0 Å². The first-order valence-electron chi connectivity index (χ1n) is 13.3. The summed E-state index contributed by atoms with van der Waals surface area (Å²) in [6.07, 6.45) is 0. The van der Waals surface area contributed by atoms with Crippen LogP contribution in [0.4, 0.5) is 0 Å². The topological polar surface area (TPSA) is 72.3 Å². The lowest BCUT2D eigenvalue weighted by Gasteiger charge is -2.19. The van der Waals surface area contributed by atoms with Gasteiger partial charge in [-0.1, -0.05) is 72.8 Å². The van der Waals surface area contributed by atoms with Gasteiger partial charge in [-0.05, 0) is 80.8 Å². The van der Waals surface area contributed by atoms with E-state index in [1.54, 1.807) is 0 Å². The molecule has 0 bridgehead atoms. The van der Waals surface area contributed by atoms with Crippen molar-refractivity contribution < 1.29 is 0 Å². The van der Waals surface area contributed by atoms with E-state index in [0.717, 1.165) is 10.7 Å². The van der Waals surface area contributed by atoms with Crippen LogP contribution in [-0.4, -0.2) is 0 Å². The van der Waals surface area contributed by atoms with Gasteiger partial charge in [0.2, 0.25) is 0 Å². The molecular weight excluding hydrogens is 476 g/mol. The fraction of sp³-hybridized carbons (Fsp3) is 0.143. The zero-order valence-corrected chi connectivity index (χ0v) is 21.0. The second-order valence-corrected chi connectivity index (χ2v) is 10.7. The summed E-state index contributed by atoms with van der Waals surface area (Å²) in [5.74, 6) is 0.750. The van der Waals surface area contributed by atoms with Gasteiger partial charge in [-0.25, -0.2) is 0 Å². The second kappa shape index (κ2) is 8.22. The summed E-state index contributed by atoms with van der Waals surface area (Å²) in [6, 6.07) is 39.8. The van der Waals surface area contributed by atoms with Gasteiger partial charge < -0.3 is 0 Å². The predicted octanol–water partition coefficient (Wildman–Crippen LogP) is 6.30. The molecule has 182 valence electrons. The van der Waals surface area contributed by atoms with Crippen LogP contribution in [0.25, 0.3) is 10.8 Å². The number of rotatable bonds is 3. The molecule has 0 spiro atoms. The lowest BCUT2D eigenvalue weighted by Crippen LogP contribution is -2.34. The Hall–Kier alpha value is -5.06. The number of hydrogen-bond donors (Lipinski definition) is 0. The molecule has 1 heterocycles. The van der Waals surface area contributed by atoms with Crippen molar-refractivity contribution >= 4 is 10.8 Å². The van der Waals surface area contributed by atoms with E-state index in [0.29, 0.717) is 11.1 Å². The number of fused-ring (bicyclic) bond motifs is 4. The smallest absolute Gasteiger partial charge is 0.103 e. The summed E-state index contributed by atoms with van der Waals surface area (Å²) < 4.78 is 0. The molecule has 1 fully saturated rings. The first-order valence-corrected chi connectivity index (χ1v) is 13.3. The summed E-state index contributed by atoms with van der Waals surface area (Å²) in [7, 11) is 0. The maximum atomic E-state index is 9.32. The molecule has 0 aromatic heterocycles. The third-order valence-electron chi connectivity index (χ3n) is 8.73.